The molecule has 0 aliphatic carbocycles. The zero-order valence-electron chi connectivity index (χ0n) is 13.8. The number of aromatic nitrogens is 5. The number of pyridine rings is 1. The Bertz CT molecular complexity index is 1010. The highest BCUT2D eigenvalue weighted by Gasteiger charge is 2.12. The van der Waals surface area contributed by atoms with Gasteiger partial charge in [0.25, 0.3) is 0 Å². The quantitative estimate of drug-likeness (QED) is 0.444. The minimum absolute atomic E-state index is 0.730. The van der Waals surface area contributed by atoms with Gasteiger partial charge in [-0.25, -0.2) is 4.98 Å². The fourth-order valence-electron chi connectivity index (χ4n) is 2.43. The summed E-state index contributed by atoms with van der Waals surface area (Å²) in [6, 6.07) is 11.6. The van der Waals surface area contributed by atoms with Crippen LogP contribution >= 0.6 is 34.7 Å². The number of nitrogens with zero attached hydrogens (tertiary/aromatic N) is 5. The van der Waals surface area contributed by atoms with Gasteiger partial charge in [-0.3, -0.25) is 4.98 Å². The van der Waals surface area contributed by atoms with Gasteiger partial charge in [0, 0.05) is 46.7 Å². The first-order chi connectivity index (χ1) is 12.7. The van der Waals surface area contributed by atoms with Crippen LogP contribution in [0.2, 0.25) is 5.02 Å². The molecule has 0 spiro atoms. The third-order valence-corrected chi connectivity index (χ3v) is 6.01. The van der Waals surface area contributed by atoms with Crippen LogP contribution in [-0.2, 0) is 12.8 Å². The standard InChI is InChI=1S/C18H14ClN5S2/c1-24-16(12-6-8-20-9-7-12)22-23-18(24)26-11-15-10-25-17(21-15)13-2-4-14(19)5-3-13/h2-10H,11H2,1H3. The molecule has 5 nitrogen and oxygen atoms in total. The zero-order valence-corrected chi connectivity index (χ0v) is 16.2. The predicted octanol–water partition coefficient (Wildman–Crippen LogP) is 4.95. The van der Waals surface area contributed by atoms with Crippen molar-refractivity contribution in [2.24, 2.45) is 7.05 Å². The van der Waals surface area contributed by atoms with E-state index in [-0.39, 0.29) is 0 Å². The molecule has 26 heavy (non-hydrogen) atoms. The number of rotatable bonds is 5. The Morgan fingerprint density at radius 2 is 1.81 bits per heavy atom. The van der Waals surface area contributed by atoms with Crippen LogP contribution in [0.5, 0.6) is 0 Å². The van der Waals surface area contributed by atoms with Crippen molar-refractivity contribution in [1.82, 2.24) is 24.7 Å². The van der Waals surface area contributed by atoms with Gasteiger partial charge >= 0.3 is 0 Å². The molecule has 0 bridgehead atoms. The molecular weight excluding hydrogens is 386 g/mol. The summed E-state index contributed by atoms with van der Waals surface area (Å²) >= 11 is 9.20. The van der Waals surface area contributed by atoms with Gasteiger partial charge in [-0.15, -0.1) is 21.5 Å². The number of hydrogen-bond donors (Lipinski definition) is 0. The first kappa shape index (κ1) is 17.2. The van der Waals surface area contributed by atoms with Crippen LogP contribution in [0.4, 0.5) is 0 Å². The summed E-state index contributed by atoms with van der Waals surface area (Å²) in [5.41, 5.74) is 3.10. The number of thiazole rings is 1. The van der Waals surface area contributed by atoms with E-state index in [0.717, 1.165) is 43.6 Å². The van der Waals surface area contributed by atoms with Crippen LogP contribution in [0, 0.1) is 0 Å². The lowest BCUT2D eigenvalue weighted by molar-refractivity contribution is 0.793. The van der Waals surface area contributed by atoms with Crippen LogP contribution in [0.1, 0.15) is 5.69 Å². The molecule has 8 heteroatoms. The van der Waals surface area contributed by atoms with E-state index in [1.54, 1.807) is 35.5 Å². The Morgan fingerprint density at radius 1 is 1.04 bits per heavy atom. The van der Waals surface area contributed by atoms with Gasteiger partial charge in [0.15, 0.2) is 11.0 Å². The van der Waals surface area contributed by atoms with Crippen LogP contribution in [0.3, 0.4) is 0 Å². The fourth-order valence-corrected chi connectivity index (χ4v) is 4.29. The van der Waals surface area contributed by atoms with Crippen LogP contribution in [0.15, 0.2) is 59.3 Å². The number of hydrogen-bond acceptors (Lipinski definition) is 6. The fraction of sp³-hybridized carbons (Fsp3) is 0.111. The van der Waals surface area contributed by atoms with E-state index in [9.17, 15) is 0 Å². The summed E-state index contributed by atoms with van der Waals surface area (Å²) in [5, 5.41) is 13.3. The molecule has 0 saturated carbocycles. The van der Waals surface area contributed by atoms with Gasteiger partial charge in [-0.2, -0.15) is 0 Å². The van der Waals surface area contributed by atoms with Gasteiger partial charge in [0.1, 0.15) is 5.01 Å². The van der Waals surface area contributed by atoms with E-state index in [2.05, 4.69) is 20.6 Å². The molecule has 0 N–H and O–H groups in total. The van der Waals surface area contributed by atoms with E-state index in [1.807, 2.05) is 48.0 Å². The van der Waals surface area contributed by atoms with E-state index >= 15 is 0 Å². The van der Waals surface area contributed by atoms with Crippen molar-refractivity contribution in [2.45, 2.75) is 10.9 Å². The van der Waals surface area contributed by atoms with Crippen LogP contribution in [0.25, 0.3) is 22.0 Å². The molecule has 4 rings (SSSR count). The second kappa shape index (κ2) is 7.57. The minimum atomic E-state index is 0.730. The molecule has 0 aliphatic heterocycles. The summed E-state index contributed by atoms with van der Waals surface area (Å²) in [5.74, 6) is 1.57. The molecule has 0 unspecified atom stereocenters. The molecule has 3 aromatic heterocycles. The number of benzene rings is 1. The average molecular weight is 400 g/mol. The van der Waals surface area contributed by atoms with Gasteiger partial charge in [0.2, 0.25) is 0 Å². The Labute approximate surface area is 164 Å². The minimum Gasteiger partial charge on any atom is -0.305 e. The normalized spacial score (nSPS) is 11.0. The maximum Gasteiger partial charge on any atom is 0.191 e. The van der Waals surface area contributed by atoms with Crippen molar-refractivity contribution < 1.29 is 0 Å². The summed E-state index contributed by atoms with van der Waals surface area (Å²) in [4.78, 5) is 8.75. The molecule has 1 aromatic carbocycles. The van der Waals surface area contributed by atoms with Crippen LogP contribution in [-0.4, -0.2) is 24.7 Å². The first-order valence-corrected chi connectivity index (χ1v) is 10.1. The van der Waals surface area contributed by atoms with E-state index < -0.39 is 0 Å². The third-order valence-electron chi connectivity index (χ3n) is 3.77. The summed E-state index contributed by atoms with van der Waals surface area (Å²) in [6.45, 7) is 0. The number of halogens is 1. The van der Waals surface area contributed by atoms with Crippen molar-refractivity contribution in [3.8, 4) is 22.0 Å². The summed E-state index contributed by atoms with van der Waals surface area (Å²) in [7, 11) is 1.97. The maximum absolute atomic E-state index is 5.94. The first-order valence-electron chi connectivity index (χ1n) is 7.83. The second-order valence-corrected chi connectivity index (χ2v) is 7.78. The van der Waals surface area contributed by atoms with Crippen molar-refractivity contribution in [3.63, 3.8) is 0 Å². The Hall–Kier alpha value is -2.22. The third kappa shape index (κ3) is 3.65. The van der Waals surface area contributed by atoms with Crippen molar-refractivity contribution in [2.75, 3.05) is 0 Å². The van der Waals surface area contributed by atoms with Gasteiger partial charge in [-0.05, 0) is 24.3 Å². The average Bonchev–Trinajstić information content (AvgIpc) is 3.28. The van der Waals surface area contributed by atoms with E-state index in [4.69, 9.17) is 16.6 Å². The highest BCUT2D eigenvalue weighted by molar-refractivity contribution is 7.98. The molecule has 0 aliphatic rings. The van der Waals surface area contributed by atoms with Gasteiger partial charge in [0.05, 0.1) is 5.69 Å². The van der Waals surface area contributed by atoms with Gasteiger partial charge in [-0.1, -0.05) is 35.5 Å². The number of thioether (sulfide) groups is 1. The molecule has 0 radical (unpaired) electrons. The zero-order chi connectivity index (χ0) is 17.9. The topological polar surface area (TPSA) is 56.5 Å². The Morgan fingerprint density at radius 3 is 2.58 bits per heavy atom. The Balaban J connectivity index is 1.47. The molecular formula is C18H14ClN5S2. The smallest absolute Gasteiger partial charge is 0.191 e. The second-order valence-electron chi connectivity index (χ2n) is 5.54. The van der Waals surface area contributed by atoms with Crippen molar-refractivity contribution in [1.29, 1.82) is 0 Å². The highest BCUT2D eigenvalue weighted by Crippen LogP contribution is 2.29. The van der Waals surface area contributed by atoms with E-state index in [1.165, 1.54) is 0 Å². The summed E-state index contributed by atoms with van der Waals surface area (Å²) in [6.07, 6.45) is 3.51. The predicted molar refractivity (Wildman–Crippen MR) is 106 cm³/mol. The highest BCUT2D eigenvalue weighted by atomic mass is 35.5. The molecule has 0 atom stereocenters. The molecule has 130 valence electrons. The Kier molecular flexibility index (Phi) is 5.01. The van der Waals surface area contributed by atoms with Crippen molar-refractivity contribution >= 4 is 34.7 Å². The maximum atomic E-state index is 5.94. The molecule has 4 aromatic rings. The SMILES string of the molecule is Cn1c(SCc2csc(-c3ccc(Cl)cc3)n2)nnc1-c1ccncc1. The van der Waals surface area contributed by atoms with E-state index in [0.29, 0.717) is 0 Å². The lowest BCUT2D eigenvalue weighted by atomic mass is 10.2. The van der Waals surface area contributed by atoms with Gasteiger partial charge < -0.3 is 4.57 Å². The lowest BCUT2D eigenvalue weighted by Crippen LogP contribution is -1.95. The van der Waals surface area contributed by atoms with Crippen molar-refractivity contribution in [3.05, 3.63) is 64.9 Å². The molecule has 0 saturated heterocycles. The summed E-state index contributed by atoms with van der Waals surface area (Å²) < 4.78 is 1.99. The molecule has 0 amide bonds. The lowest BCUT2D eigenvalue weighted by Gasteiger charge is -2.02. The largest absolute Gasteiger partial charge is 0.305 e. The monoisotopic (exact) mass is 399 g/mol. The molecule has 3 heterocycles. The van der Waals surface area contributed by atoms with Crippen LogP contribution < -0.4 is 0 Å². The molecule has 0 fully saturated rings.